The molecule has 1 aromatic heterocycles. The normalized spacial score (nSPS) is 10.9. The highest BCUT2D eigenvalue weighted by molar-refractivity contribution is 6.13. The number of methoxy groups -OCH3 is 1. The number of primary amides is 1. The number of rotatable bonds is 5. The molecule has 0 aliphatic heterocycles. The molecule has 0 aliphatic rings. The molecule has 172 valence electrons. The van der Waals surface area contributed by atoms with Crippen LogP contribution in [-0.4, -0.2) is 23.9 Å². The zero-order chi connectivity index (χ0) is 24.5. The molecule has 0 bridgehead atoms. The van der Waals surface area contributed by atoms with Crippen LogP contribution in [0.4, 0.5) is 10.1 Å². The average Bonchev–Trinajstić information content (AvgIpc) is 2.88. The van der Waals surface area contributed by atoms with Crippen molar-refractivity contribution in [1.29, 1.82) is 0 Å². The Bertz CT molecular complexity index is 1630. The number of aromatic nitrogens is 1. The Hall–Kier alpha value is -4.78. The van der Waals surface area contributed by atoms with Gasteiger partial charge in [0.1, 0.15) is 11.6 Å². The van der Waals surface area contributed by atoms with E-state index in [1.165, 1.54) is 12.1 Å². The fourth-order valence-corrected chi connectivity index (χ4v) is 3.99. The molecule has 0 spiro atoms. The zero-order valence-corrected chi connectivity index (χ0v) is 18.7. The first-order valence-corrected chi connectivity index (χ1v) is 10.8. The number of hydrogen-bond acceptors (Lipinski definition) is 4. The second kappa shape index (κ2) is 8.87. The lowest BCUT2D eigenvalue weighted by molar-refractivity contribution is 0.0996. The predicted octanol–water partition coefficient (Wildman–Crippen LogP) is 5.55. The molecule has 0 fully saturated rings. The minimum absolute atomic E-state index is 0.0924. The van der Waals surface area contributed by atoms with Crippen molar-refractivity contribution >= 4 is 39.2 Å². The van der Waals surface area contributed by atoms with Crippen molar-refractivity contribution in [2.24, 2.45) is 5.73 Å². The number of nitrogens with zero attached hydrogens (tertiary/aromatic N) is 1. The number of nitrogens with two attached hydrogens (primary N) is 1. The van der Waals surface area contributed by atoms with Gasteiger partial charge in [-0.05, 0) is 59.3 Å². The van der Waals surface area contributed by atoms with Crippen LogP contribution in [0, 0.1) is 5.82 Å². The van der Waals surface area contributed by atoms with Crippen LogP contribution in [-0.2, 0) is 0 Å². The molecule has 0 saturated heterocycles. The summed E-state index contributed by atoms with van der Waals surface area (Å²) < 4.78 is 19.7. The molecule has 35 heavy (non-hydrogen) atoms. The van der Waals surface area contributed by atoms with Gasteiger partial charge in [-0.25, -0.2) is 9.37 Å². The highest BCUT2D eigenvalue weighted by atomic mass is 19.1. The van der Waals surface area contributed by atoms with E-state index in [4.69, 9.17) is 15.5 Å². The lowest BCUT2D eigenvalue weighted by Gasteiger charge is -2.12. The SMILES string of the molecule is COc1ccc2cc(-c3cc(C(=O)Nc4cc(C(N)=O)ccc4F)c4ccccc4n3)ccc2c1. The molecule has 5 rings (SSSR count). The van der Waals surface area contributed by atoms with E-state index in [2.05, 4.69) is 5.32 Å². The third kappa shape index (κ3) is 4.27. The van der Waals surface area contributed by atoms with Gasteiger partial charge in [-0.3, -0.25) is 9.59 Å². The smallest absolute Gasteiger partial charge is 0.256 e. The van der Waals surface area contributed by atoms with E-state index >= 15 is 0 Å². The van der Waals surface area contributed by atoms with E-state index in [1.54, 1.807) is 25.3 Å². The van der Waals surface area contributed by atoms with Crippen molar-refractivity contribution < 1.29 is 18.7 Å². The Balaban J connectivity index is 1.59. The van der Waals surface area contributed by atoms with Gasteiger partial charge < -0.3 is 15.8 Å². The van der Waals surface area contributed by atoms with Gasteiger partial charge >= 0.3 is 0 Å². The number of anilines is 1. The van der Waals surface area contributed by atoms with Crippen LogP contribution in [0.25, 0.3) is 32.9 Å². The molecule has 1 heterocycles. The predicted molar refractivity (Wildman–Crippen MR) is 134 cm³/mol. The number of ether oxygens (including phenoxy) is 1. The number of halogens is 1. The quantitative estimate of drug-likeness (QED) is 0.356. The second-order valence-corrected chi connectivity index (χ2v) is 8.01. The van der Waals surface area contributed by atoms with Crippen LogP contribution in [0.2, 0.25) is 0 Å². The molecule has 5 aromatic rings. The monoisotopic (exact) mass is 465 g/mol. The largest absolute Gasteiger partial charge is 0.497 e. The van der Waals surface area contributed by atoms with Crippen LogP contribution in [0.3, 0.4) is 0 Å². The van der Waals surface area contributed by atoms with Gasteiger partial charge in [0.2, 0.25) is 5.91 Å². The van der Waals surface area contributed by atoms with Crippen molar-refractivity contribution in [1.82, 2.24) is 4.98 Å². The number of carbonyl (C=O) groups excluding carboxylic acids is 2. The molecule has 6 nitrogen and oxygen atoms in total. The Labute approximate surface area is 200 Å². The third-order valence-corrected chi connectivity index (χ3v) is 5.80. The van der Waals surface area contributed by atoms with E-state index in [9.17, 15) is 14.0 Å². The lowest BCUT2D eigenvalue weighted by atomic mass is 10.0. The van der Waals surface area contributed by atoms with Crippen LogP contribution in [0.15, 0.2) is 84.9 Å². The molecule has 0 aliphatic carbocycles. The summed E-state index contributed by atoms with van der Waals surface area (Å²) in [4.78, 5) is 29.5. The fraction of sp³-hybridized carbons (Fsp3) is 0.0357. The lowest BCUT2D eigenvalue weighted by Crippen LogP contribution is -2.16. The summed E-state index contributed by atoms with van der Waals surface area (Å²) in [6.07, 6.45) is 0. The van der Waals surface area contributed by atoms with Crippen LogP contribution < -0.4 is 15.8 Å². The summed E-state index contributed by atoms with van der Waals surface area (Å²) in [6, 6.07) is 24.2. The summed E-state index contributed by atoms with van der Waals surface area (Å²) >= 11 is 0. The van der Waals surface area contributed by atoms with Gasteiger partial charge in [-0.2, -0.15) is 0 Å². The minimum atomic E-state index is -0.717. The first-order chi connectivity index (χ1) is 16.9. The Morgan fingerprint density at radius 1 is 0.914 bits per heavy atom. The number of fused-ring (bicyclic) bond motifs is 2. The Kier molecular flexibility index (Phi) is 5.58. The minimum Gasteiger partial charge on any atom is -0.497 e. The van der Waals surface area contributed by atoms with Gasteiger partial charge in [0.05, 0.1) is 29.6 Å². The standard InChI is InChI=1S/C28H20FN3O3/c1-35-20-10-8-16-12-18(7-6-17(16)13-20)25-15-22(21-4-2-3-5-24(21)31-25)28(34)32-26-14-19(27(30)33)9-11-23(26)29/h2-15H,1H3,(H2,30,33)(H,32,34). The van der Waals surface area contributed by atoms with E-state index in [0.29, 0.717) is 22.2 Å². The number of amides is 2. The van der Waals surface area contributed by atoms with E-state index in [1.807, 2.05) is 48.5 Å². The molecule has 0 unspecified atom stereocenters. The van der Waals surface area contributed by atoms with E-state index in [-0.39, 0.29) is 11.3 Å². The maximum Gasteiger partial charge on any atom is 0.256 e. The van der Waals surface area contributed by atoms with Crippen LogP contribution in [0.5, 0.6) is 5.75 Å². The molecule has 0 radical (unpaired) electrons. The fourth-order valence-electron chi connectivity index (χ4n) is 3.99. The molecule has 3 N–H and O–H groups in total. The van der Waals surface area contributed by atoms with Crippen molar-refractivity contribution in [2.75, 3.05) is 12.4 Å². The number of nitrogens with one attached hydrogen (secondary N) is 1. The maximum absolute atomic E-state index is 14.4. The Morgan fingerprint density at radius 3 is 2.49 bits per heavy atom. The van der Waals surface area contributed by atoms with Crippen LogP contribution in [0.1, 0.15) is 20.7 Å². The first-order valence-electron chi connectivity index (χ1n) is 10.8. The summed E-state index contributed by atoms with van der Waals surface area (Å²) in [7, 11) is 1.62. The second-order valence-electron chi connectivity index (χ2n) is 8.01. The molecular formula is C28H20FN3O3. The third-order valence-electron chi connectivity index (χ3n) is 5.80. The summed E-state index contributed by atoms with van der Waals surface area (Å²) in [5.41, 5.74) is 7.62. The molecule has 0 saturated carbocycles. The van der Waals surface area contributed by atoms with Gasteiger partial charge in [-0.15, -0.1) is 0 Å². The van der Waals surface area contributed by atoms with Crippen molar-refractivity contribution in [3.05, 3.63) is 102 Å². The summed E-state index contributed by atoms with van der Waals surface area (Å²) in [5, 5.41) is 5.19. The van der Waals surface area contributed by atoms with Crippen LogP contribution >= 0.6 is 0 Å². The number of pyridine rings is 1. The number of benzene rings is 4. The molecule has 7 heteroatoms. The maximum atomic E-state index is 14.4. The van der Waals surface area contributed by atoms with Crippen molar-refractivity contribution in [2.45, 2.75) is 0 Å². The highest BCUT2D eigenvalue weighted by Crippen LogP contribution is 2.29. The van der Waals surface area contributed by atoms with Gasteiger partial charge in [0.25, 0.3) is 5.91 Å². The van der Waals surface area contributed by atoms with E-state index in [0.717, 1.165) is 28.2 Å². The Morgan fingerprint density at radius 2 is 1.69 bits per heavy atom. The average molecular weight is 465 g/mol. The topological polar surface area (TPSA) is 94.3 Å². The number of hydrogen-bond donors (Lipinski definition) is 2. The number of carbonyl (C=O) groups is 2. The summed E-state index contributed by atoms with van der Waals surface area (Å²) in [5.74, 6) is -1.16. The highest BCUT2D eigenvalue weighted by Gasteiger charge is 2.17. The summed E-state index contributed by atoms with van der Waals surface area (Å²) in [6.45, 7) is 0. The van der Waals surface area contributed by atoms with E-state index < -0.39 is 17.6 Å². The van der Waals surface area contributed by atoms with Gasteiger partial charge in [0.15, 0.2) is 0 Å². The van der Waals surface area contributed by atoms with Gasteiger partial charge in [0, 0.05) is 16.5 Å². The molecule has 2 amide bonds. The molecule has 0 atom stereocenters. The van der Waals surface area contributed by atoms with Crippen molar-refractivity contribution in [3.63, 3.8) is 0 Å². The first kappa shape index (κ1) is 22.0. The number of para-hydroxylation sites is 1. The van der Waals surface area contributed by atoms with Crippen molar-refractivity contribution in [3.8, 4) is 17.0 Å². The molecule has 4 aromatic carbocycles. The van der Waals surface area contributed by atoms with Gasteiger partial charge in [-0.1, -0.05) is 36.4 Å². The zero-order valence-electron chi connectivity index (χ0n) is 18.7. The molecular weight excluding hydrogens is 445 g/mol.